The maximum atomic E-state index is 9.35. The number of nitrogens with zero attached hydrogens (tertiary/aromatic N) is 4. The normalized spacial score (nSPS) is 17.8. The van der Waals surface area contributed by atoms with Gasteiger partial charge in [0.05, 0.1) is 17.3 Å². The first-order valence-electron chi connectivity index (χ1n) is 10.8. The number of rotatable bonds is 2. The van der Waals surface area contributed by atoms with Crippen molar-refractivity contribution in [3.8, 4) is 29.1 Å². The lowest BCUT2D eigenvalue weighted by Crippen LogP contribution is -2.51. The van der Waals surface area contributed by atoms with Gasteiger partial charge in [0.1, 0.15) is 11.4 Å². The highest BCUT2D eigenvalue weighted by atomic mass is 16.5. The van der Waals surface area contributed by atoms with Crippen LogP contribution in [0.4, 0.5) is 5.69 Å². The maximum absolute atomic E-state index is 9.35. The number of anilines is 1. The average Bonchev–Trinajstić information content (AvgIpc) is 2.85. The van der Waals surface area contributed by atoms with Crippen molar-refractivity contribution in [1.29, 1.82) is 10.5 Å². The molecular formula is C27H22N4O. The molecule has 0 saturated carbocycles. The van der Waals surface area contributed by atoms with Crippen molar-refractivity contribution in [2.75, 3.05) is 18.0 Å². The fourth-order valence-electron chi connectivity index (χ4n) is 4.71. The predicted molar refractivity (Wildman–Crippen MR) is 125 cm³/mol. The van der Waals surface area contributed by atoms with Gasteiger partial charge >= 0.3 is 0 Å². The van der Waals surface area contributed by atoms with Crippen LogP contribution in [0.25, 0.3) is 11.1 Å². The van der Waals surface area contributed by atoms with Crippen LogP contribution in [0.3, 0.4) is 0 Å². The lowest BCUT2D eigenvalue weighted by molar-refractivity contribution is 0.0450. The fraction of sp³-hybridized carbons (Fsp3) is 0.222. The minimum Gasteiger partial charge on any atom is -0.486 e. The van der Waals surface area contributed by atoms with Crippen LogP contribution in [-0.4, -0.2) is 24.4 Å². The number of para-hydroxylation sites is 1. The highest BCUT2D eigenvalue weighted by molar-refractivity contribution is 6.05. The smallest absolute Gasteiger partial charge is 0.205 e. The summed E-state index contributed by atoms with van der Waals surface area (Å²) in [5, 5.41) is 18.6. The summed E-state index contributed by atoms with van der Waals surface area (Å²) in [6, 6.07) is 26.2. The van der Waals surface area contributed by atoms with E-state index in [1.54, 1.807) is 6.07 Å². The van der Waals surface area contributed by atoms with E-state index in [1.807, 2.05) is 48.7 Å². The summed E-state index contributed by atoms with van der Waals surface area (Å²) in [6.45, 7) is 1.80. The summed E-state index contributed by atoms with van der Waals surface area (Å²) < 4.78 is 6.59. The molecule has 1 spiro atoms. The van der Waals surface area contributed by atoms with E-state index in [9.17, 15) is 10.5 Å². The Labute approximate surface area is 187 Å². The van der Waals surface area contributed by atoms with E-state index < -0.39 is 0 Å². The van der Waals surface area contributed by atoms with Crippen LogP contribution in [0, 0.1) is 22.8 Å². The Morgan fingerprint density at radius 3 is 2.41 bits per heavy atom. The zero-order valence-corrected chi connectivity index (χ0v) is 17.7. The lowest BCUT2D eigenvalue weighted by atomic mass is 9.81. The first kappa shape index (κ1) is 19.8. The van der Waals surface area contributed by atoms with Crippen molar-refractivity contribution in [3.63, 3.8) is 0 Å². The van der Waals surface area contributed by atoms with Crippen molar-refractivity contribution in [1.82, 2.24) is 0 Å². The summed E-state index contributed by atoms with van der Waals surface area (Å²) >= 11 is 0. The van der Waals surface area contributed by atoms with E-state index in [4.69, 9.17) is 4.74 Å². The molecule has 0 radical (unpaired) electrons. The number of aliphatic imine (C=N–C) groups is 1. The highest BCUT2D eigenvalue weighted by Crippen LogP contribution is 2.41. The van der Waals surface area contributed by atoms with Gasteiger partial charge in [-0.25, -0.2) is 0 Å². The zero-order chi connectivity index (χ0) is 22.0. The monoisotopic (exact) mass is 418 g/mol. The molecule has 32 heavy (non-hydrogen) atoms. The van der Waals surface area contributed by atoms with Crippen molar-refractivity contribution >= 4 is 11.4 Å². The topological polar surface area (TPSA) is 72.4 Å². The number of hydrogen-bond donors (Lipinski definition) is 0. The van der Waals surface area contributed by atoms with Crippen LogP contribution in [-0.2, 0) is 0 Å². The van der Waals surface area contributed by atoms with Crippen molar-refractivity contribution in [3.05, 3.63) is 83.9 Å². The first-order chi connectivity index (χ1) is 15.7. The molecule has 1 saturated heterocycles. The molecule has 0 N–H and O–H groups in total. The second kappa shape index (κ2) is 8.21. The molecule has 0 amide bonds. The van der Waals surface area contributed by atoms with Crippen LogP contribution in [0.5, 0.6) is 5.75 Å². The lowest BCUT2D eigenvalue weighted by Gasteiger charge is -2.45. The Balaban J connectivity index is 1.44. The minimum atomic E-state index is -0.337. The van der Waals surface area contributed by atoms with Gasteiger partial charge in [0.2, 0.25) is 6.19 Å². The van der Waals surface area contributed by atoms with Gasteiger partial charge in [-0.05, 0) is 47.5 Å². The number of benzene rings is 3. The van der Waals surface area contributed by atoms with Crippen molar-refractivity contribution in [2.45, 2.75) is 24.9 Å². The molecule has 2 heterocycles. The van der Waals surface area contributed by atoms with Gasteiger partial charge in [0.15, 0.2) is 0 Å². The number of piperidine rings is 1. The molecular weight excluding hydrogens is 396 g/mol. The van der Waals surface area contributed by atoms with E-state index in [-0.39, 0.29) is 5.60 Å². The van der Waals surface area contributed by atoms with Crippen LogP contribution in [0.1, 0.15) is 30.4 Å². The molecule has 1 fully saturated rings. The maximum Gasteiger partial charge on any atom is 0.205 e. The Morgan fingerprint density at radius 1 is 0.875 bits per heavy atom. The zero-order valence-electron chi connectivity index (χ0n) is 17.7. The quantitative estimate of drug-likeness (QED) is 0.528. The van der Waals surface area contributed by atoms with Gasteiger partial charge < -0.3 is 9.64 Å². The van der Waals surface area contributed by atoms with Crippen LogP contribution in [0.15, 0.2) is 77.8 Å². The Morgan fingerprint density at radius 2 is 1.66 bits per heavy atom. The van der Waals surface area contributed by atoms with Gasteiger partial charge in [-0.1, -0.05) is 36.4 Å². The van der Waals surface area contributed by atoms with Gasteiger partial charge in [-0.3, -0.25) is 0 Å². The standard InChI is InChI=1S/C27H22N4O/c28-18-20-5-4-6-21(15-20)22-9-10-26-24(16-22)25(30-19-29)17-27(32-26)11-13-31(14-12-27)23-7-2-1-3-8-23/h1-10,15-16H,11-14,17H2/b30-25+. The van der Waals surface area contributed by atoms with Gasteiger partial charge in [-0.2, -0.15) is 15.5 Å². The van der Waals surface area contributed by atoms with Crippen molar-refractivity contribution in [2.24, 2.45) is 4.99 Å². The predicted octanol–water partition coefficient (Wildman–Crippen LogP) is 5.32. The number of nitriles is 2. The summed E-state index contributed by atoms with van der Waals surface area (Å²) in [5.41, 5.74) is 5.09. The summed E-state index contributed by atoms with van der Waals surface area (Å²) in [7, 11) is 0. The van der Waals surface area contributed by atoms with Crippen LogP contribution < -0.4 is 9.64 Å². The molecule has 3 aromatic carbocycles. The van der Waals surface area contributed by atoms with E-state index in [2.05, 4.69) is 40.2 Å². The molecule has 0 aromatic heterocycles. The van der Waals surface area contributed by atoms with Gasteiger partial charge in [-0.15, -0.1) is 0 Å². The van der Waals surface area contributed by atoms with E-state index in [1.165, 1.54) is 5.69 Å². The summed E-state index contributed by atoms with van der Waals surface area (Å²) in [5.74, 6) is 0.776. The third kappa shape index (κ3) is 3.70. The molecule has 3 aromatic rings. The number of fused-ring (bicyclic) bond motifs is 1. The Hall–Kier alpha value is -4.09. The SMILES string of the molecule is N#C/N=C1\CC2(CCN(c3ccccc3)CC2)Oc2ccc(-c3cccc(C#N)c3)cc21. The molecule has 0 atom stereocenters. The van der Waals surface area contributed by atoms with Gasteiger partial charge in [0.25, 0.3) is 0 Å². The molecule has 0 unspecified atom stereocenters. The minimum absolute atomic E-state index is 0.337. The molecule has 0 aliphatic carbocycles. The molecule has 2 aliphatic heterocycles. The van der Waals surface area contributed by atoms with Crippen LogP contribution >= 0.6 is 0 Å². The van der Waals surface area contributed by atoms with Crippen LogP contribution in [0.2, 0.25) is 0 Å². The average molecular weight is 419 g/mol. The van der Waals surface area contributed by atoms with E-state index >= 15 is 0 Å². The van der Waals surface area contributed by atoms with E-state index in [0.29, 0.717) is 12.0 Å². The largest absolute Gasteiger partial charge is 0.486 e. The first-order valence-corrected chi connectivity index (χ1v) is 10.8. The molecule has 5 heteroatoms. The molecule has 156 valence electrons. The highest BCUT2D eigenvalue weighted by Gasteiger charge is 2.42. The third-order valence-corrected chi connectivity index (χ3v) is 6.41. The second-order valence-corrected chi connectivity index (χ2v) is 8.35. The Bertz CT molecular complexity index is 1260. The number of ether oxygens (including phenoxy) is 1. The second-order valence-electron chi connectivity index (χ2n) is 8.35. The van der Waals surface area contributed by atoms with E-state index in [0.717, 1.165) is 54.1 Å². The third-order valence-electron chi connectivity index (χ3n) is 6.41. The van der Waals surface area contributed by atoms with Gasteiger partial charge in [0, 0.05) is 43.6 Å². The molecule has 5 rings (SSSR count). The molecule has 2 aliphatic rings. The summed E-state index contributed by atoms with van der Waals surface area (Å²) in [4.78, 5) is 6.58. The fourth-order valence-corrected chi connectivity index (χ4v) is 4.71. The number of hydrogen-bond acceptors (Lipinski definition) is 5. The Kier molecular flexibility index (Phi) is 5.09. The molecule has 0 bridgehead atoms. The van der Waals surface area contributed by atoms with Crippen molar-refractivity contribution < 1.29 is 4.74 Å². The summed E-state index contributed by atoms with van der Waals surface area (Å²) in [6.07, 6.45) is 4.36. The molecule has 5 nitrogen and oxygen atoms in total.